The van der Waals surface area contributed by atoms with Crippen molar-refractivity contribution in [3.05, 3.63) is 84.4 Å². The molecular formula is C22H18N2O2. The van der Waals surface area contributed by atoms with Crippen LogP contribution in [0.2, 0.25) is 0 Å². The molecule has 0 unspecified atom stereocenters. The molecule has 0 fully saturated rings. The Balaban J connectivity index is 1.75. The number of ether oxygens (including phenoxy) is 1. The van der Waals surface area contributed by atoms with Gasteiger partial charge in [0.1, 0.15) is 5.75 Å². The van der Waals surface area contributed by atoms with E-state index in [-0.39, 0.29) is 5.91 Å². The van der Waals surface area contributed by atoms with Crippen LogP contribution >= 0.6 is 0 Å². The molecule has 0 saturated carbocycles. The summed E-state index contributed by atoms with van der Waals surface area (Å²) in [5.74, 6) is 0.235. The molecule has 3 aromatic carbocycles. The summed E-state index contributed by atoms with van der Waals surface area (Å²) in [5, 5.41) is 11.9. The Morgan fingerprint density at radius 3 is 2.50 bits per heavy atom. The number of rotatable bonds is 5. The van der Waals surface area contributed by atoms with Crippen molar-refractivity contribution in [1.29, 1.82) is 5.26 Å². The largest absolute Gasteiger partial charge is 0.481 e. The third kappa shape index (κ3) is 4.08. The van der Waals surface area contributed by atoms with Gasteiger partial charge in [0.2, 0.25) is 0 Å². The van der Waals surface area contributed by atoms with Gasteiger partial charge in [-0.05, 0) is 36.8 Å². The van der Waals surface area contributed by atoms with E-state index in [0.717, 1.165) is 16.8 Å². The molecule has 1 amide bonds. The fourth-order valence-corrected chi connectivity index (χ4v) is 2.59. The Morgan fingerprint density at radius 1 is 1.00 bits per heavy atom. The Morgan fingerprint density at radius 2 is 1.73 bits per heavy atom. The SMILES string of the molecule is C[C@@H](Oc1cccc(C#N)c1)C(=O)Nc1ccccc1-c1ccccc1. The van der Waals surface area contributed by atoms with E-state index in [1.807, 2.05) is 54.6 Å². The normalized spacial score (nSPS) is 11.2. The number of para-hydroxylation sites is 1. The third-order valence-corrected chi connectivity index (χ3v) is 3.91. The van der Waals surface area contributed by atoms with Crippen LogP contribution in [-0.2, 0) is 4.79 Å². The number of benzene rings is 3. The third-order valence-electron chi connectivity index (χ3n) is 3.91. The average molecular weight is 342 g/mol. The molecule has 3 rings (SSSR count). The van der Waals surface area contributed by atoms with Gasteiger partial charge < -0.3 is 10.1 Å². The van der Waals surface area contributed by atoms with Gasteiger partial charge >= 0.3 is 0 Å². The summed E-state index contributed by atoms with van der Waals surface area (Å²) < 4.78 is 5.67. The van der Waals surface area contributed by atoms with Crippen molar-refractivity contribution in [1.82, 2.24) is 0 Å². The lowest BCUT2D eigenvalue weighted by atomic mass is 10.0. The molecule has 0 aliphatic carbocycles. The van der Waals surface area contributed by atoms with Crippen LogP contribution in [0.15, 0.2) is 78.9 Å². The predicted molar refractivity (Wildman–Crippen MR) is 102 cm³/mol. The fourth-order valence-electron chi connectivity index (χ4n) is 2.59. The highest BCUT2D eigenvalue weighted by atomic mass is 16.5. The van der Waals surface area contributed by atoms with E-state index in [2.05, 4.69) is 11.4 Å². The molecule has 128 valence electrons. The van der Waals surface area contributed by atoms with Gasteiger partial charge in [0.05, 0.1) is 11.6 Å². The van der Waals surface area contributed by atoms with Crippen molar-refractivity contribution in [2.24, 2.45) is 0 Å². The molecule has 1 N–H and O–H groups in total. The van der Waals surface area contributed by atoms with Crippen LogP contribution in [0.25, 0.3) is 11.1 Å². The lowest BCUT2D eigenvalue weighted by Crippen LogP contribution is -2.30. The van der Waals surface area contributed by atoms with Crippen molar-refractivity contribution in [2.45, 2.75) is 13.0 Å². The summed E-state index contributed by atoms with van der Waals surface area (Å²) in [6.07, 6.45) is -0.701. The van der Waals surface area contributed by atoms with Crippen LogP contribution < -0.4 is 10.1 Å². The van der Waals surface area contributed by atoms with E-state index in [1.165, 1.54) is 0 Å². The van der Waals surface area contributed by atoms with E-state index in [9.17, 15) is 4.79 Å². The molecule has 0 saturated heterocycles. The minimum atomic E-state index is -0.701. The predicted octanol–water partition coefficient (Wildman–Crippen LogP) is 4.63. The molecular weight excluding hydrogens is 324 g/mol. The van der Waals surface area contributed by atoms with E-state index >= 15 is 0 Å². The highest BCUT2D eigenvalue weighted by molar-refractivity contribution is 5.98. The van der Waals surface area contributed by atoms with Crippen molar-refractivity contribution in [2.75, 3.05) is 5.32 Å². The molecule has 3 aromatic rings. The molecule has 4 heteroatoms. The van der Waals surface area contributed by atoms with Gasteiger partial charge in [0.15, 0.2) is 6.10 Å². The van der Waals surface area contributed by atoms with Gasteiger partial charge in [-0.25, -0.2) is 0 Å². The Bertz CT molecular complexity index is 946. The zero-order chi connectivity index (χ0) is 18.4. The van der Waals surface area contributed by atoms with Crippen molar-refractivity contribution in [3.63, 3.8) is 0 Å². The average Bonchev–Trinajstić information content (AvgIpc) is 2.69. The molecule has 0 bridgehead atoms. The smallest absolute Gasteiger partial charge is 0.265 e. The molecule has 0 aromatic heterocycles. The van der Waals surface area contributed by atoms with E-state index in [0.29, 0.717) is 11.3 Å². The number of nitrogens with zero attached hydrogens (tertiary/aromatic N) is 1. The molecule has 0 spiro atoms. The first-order valence-electron chi connectivity index (χ1n) is 8.29. The summed E-state index contributed by atoms with van der Waals surface area (Å²) in [7, 11) is 0. The minimum absolute atomic E-state index is 0.254. The van der Waals surface area contributed by atoms with Crippen LogP contribution in [0.1, 0.15) is 12.5 Å². The van der Waals surface area contributed by atoms with Crippen molar-refractivity contribution in [3.8, 4) is 22.9 Å². The summed E-state index contributed by atoms with van der Waals surface area (Å²) in [6, 6.07) is 26.3. The van der Waals surface area contributed by atoms with E-state index < -0.39 is 6.10 Å². The van der Waals surface area contributed by atoms with Gasteiger partial charge in [0, 0.05) is 11.3 Å². The van der Waals surface area contributed by atoms with E-state index in [1.54, 1.807) is 31.2 Å². The van der Waals surface area contributed by atoms with Gasteiger partial charge in [-0.1, -0.05) is 54.6 Å². The number of nitriles is 1. The second kappa shape index (κ2) is 8.00. The number of carbonyl (C=O) groups excluding carboxylic acids is 1. The van der Waals surface area contributed by atoms with Crippen LogP contribution in [-0.4, -0.2) is 12.0 Å². The number of hydrogen-bond acceptors (Lipinski definition) is 3. The van der Waals surface area contributed by atoms with Gasteiger partial charge in [-0.2, -0.15) is 5.26 Å². The first kappa shape index (κ1) is 17.2. The second-order valence-corrected chi connectivity index (χ2v) is 5.80. The molecule has 0 aliphatic heterocycles. The Hall–Kier alpha value is -3.58. The first-order valence-corrected chi connectivity index (χ1v) is 8.29. The molecule has 4 nitrogen and oxygen atoms in total. The zero-order valence-corrected chi connectivity index (χ0v) is 14.3. The summed E-state index contributed by atoms with van der Waals surface area (Å²) in [5.41, 5.74) is 3.19. The van der Waals surface area contributed by atoms with Crippen molar-refractivity contribution >= 4 is 11.6 Å². The summed E-state index contributed by atoms with van der Waals surface area (Å²) in [4.78, 5) is 12.6. The minimum Gasteiger partial charge on any atom is -0.481 e. The molecule has 0 radical (unpaired) electrons. The van der Waals surface area contributed by atoms with Crippen LogP contribution in [0.4, 0.5) is 5.69 Å². The maximum Gasteiger partial charge on any atom is 0.265 e. The molecule has 0 heterocycles. The number of carbonyl (C=O) groups is 1. The monoisotopic (exact) mass is 342 g/mol. The van der Waals surface area contributed by atoms with Crippen LogP contribution in [0, 0.1) is 11.3 Å². The fraction of sp³-hybridized carbons (Fsp3) is 0.0909. The zero-order valence-electron chi connectivity index (χ0n) is 14.3. The number of hydrogen-bond donors (Lipinski definition) is 1. The number of amides is 1. The Labute approximate surface area is 152 Å². The highest BCUT2D eigenvalue weighted by Crippen LogP contribution is 2.27. The molecule has 0 aliphatic rings. The summed E-state index contributed by atoms with van der Waals surface area (Å²) in [6.45, 7) is 1.68. The van der Waals surface area contributed by atoms with Gasteiger partial charge in [-0.3, -0.25) is 4.79 Å². The maximum atomic E-state index is 12.6. The lowest BCUT2D eigenvalue weighted by Gasteiger charge is -2.17. The van der Waals surface area contributed by atoms with E-state index in [4.69, 9.17) is 10.00 Å². The highest BCUT2D eigenvalue weighted by Gasteiger charge is 2.16. The maximum absolute atomic E-state index is 12.6. The van der Waals surface area contributed by atoms with Crippen LogP contribution in [0.5, 0.6) is 5.75 Å². The Kier molecular flexibility index (Phi) is 5.31. The summed E-state index contributed by atoms with van der Waals surface area (Å²) >= 11 is 0. The lowest BCUT2D eigenvalue weighted by molar-refractivity contribution is -0.122. The van der Waals surface area contributed by atoms with Crippen molar-refractivity contribution < 1.29 is 9.53 Å². The molecule has 26 heavy (non-hydrogen) atoms. The molecule has 1 atom stereocenters. The first-order chi connectivity index (χ1) is 12.7. The second-order valence-electron chi connectivity index (χ2n) is 5.80. The quantitative estimate of drug-likeness (QED) is 0.735. The van der Waals surface area contributed by atoms with Crippen LogP contribution in [0.3, 0.4) is 0 Å². The number of nitrogens with one attached hydrogen (secondary N) is 1. The standard InChI is InChI=1S/C22H18N2O2/c1-16(26-19-11-7-8-17(14-19)15-23)22(25)24-21-13-6-5-12-20(21)18-9-3-2-4-10-18/h2-14,16H,1H3,(H,24,25)/t16-/m1/s1. The number of anilines is 1. The topological polar surface area (TPSA) is 62.1 Å². The van der Waals surface area contributed by atoms with Gasteiger partial charge in [0.25, 0.3) is 5.91 Å². The van der Waals surface area contributed by atoms with Gasteiger partial charge in [-0.15, -0.1) is 0 Å².